The first-order valence-electron chi connectivity index (χ1n) is 15.2. The Morgan fingerprint density at radius 1 is 0.571 bits per heavy atom. The van der Waals surface area contributed by atoms with Crippen LogP contribution in [0.4, 0.5) is 0 Å². The second-order valence-electron chi connectivity index (χ2n) is 10.3. The van der Waals surface area contributed by atoms with Crippen molar-refractivity contribution in [2.24, 2.45) is 11.7 Å². The lowest BCUT2D eigenvalue weighted by Crippen LogP contribution is -2.54. The van der Waals surface area contributed by atoms with Crippen molar-refractivity contribution >= 4 is 21.2 Å². The van der Waals surface area contributed by atoms with Crippen LogP contribution < -0.4 is 5.73 Å². The molecule has 0 aromatic rings. The lowest BCUT2D eigenvalue weighted by Gasteiger charge is -2.41. The van der Waals surface area contributed by atoms with Gasteiger partial charge in [0.15, 0.2) is 0 Å². The molecule has 0 radical (unpaired) electrons. The Labute approximate surface area is 228 Å². The number of nitrogens with two attached hydrogens (primary N) is 1. The average molecular weight is 538 g/mol. The third-order valence-corrected chi connectivity index (χ3v) is 10.4. The van der Waals surface area contributed by atoms with Crippen molar-refractivity contribution in [1.82, 2.24) is 0 Å². The highest BCUT2D eigenvalue weighted by Gasteiger charge is 2.47. The normalized spacial score (nSPS) is 13.1. The molecule has 0 aliphatic rings. The molecule has 4 nitrogen and oxygen atoms in total. The first-order chi connectivity index (χ1) is 16.5. The summed E-state index contributed by atoms with van der Waals surface area (Å²) >= 11 is 0. The van der Waals surface area contributed by atoms with Gasteiger partial charge in [-0.15, -0.1) is 12.4 Å². The van der Waals surface area contributed by atoms with Gasteiger partial charge in [0.05, 0.1) is 0 Å². The van der Waals surface area contributed by atoms with Crippen LogP contribution in [0.15, 0.2) is 0 Å². The zero-order chi connectivity index (χ0) is 25.5. The van der Waals surface area contributed by atoms with Gasteiger partial charge in [-0.05, 0) is 46.0 Å². The molecule has 35 heavy (non-hydrogen) atoms. The molecular weight excluding hydrogens is 474 g/mol. The highest BCUT2D eigenvalue weighted by molar-refractivity contribution is 6.60. The summed E-state index contributed by atoms with van der Waals surface area (Å²) in [6, 6.07) is 0.858. The predicted octanol–water partition coefficient (Wildman–Crippen LogP) is 9.46. The number of hydrogen-bond donors (Lipinski definition) is 1. The first-order valence-corrected chi connectivity index (χ1v) is 17.1. The summed E-state index contributed by atoms with van der Waals surface area (Å²) in [6.07, 6.45) is 22.1. The van der Waals surface area contributed by atoms with E-state index in [4.69, 9.17) is 19.0 Å². The van der Waals surface area contributed by atoms with Gasteiger partial charge in [-0.3, -0.25) is 0 Å². The number of unbranched alkanes of at least 4 members (excludes halogenated alkanes) is 11. The molecule has 0 aromatic carbocycles. The molecule has 1 atom stereocenters. The molecule has 0 heterocycles. The van der Waals surface area contributed by atoms with Crippen LogP contribution >= 0.6 is 12.4 Å². The minimum absolute atomic E-state index is 0. The van der Waals surface area contributed by atoms with Crippen molar-refractivity contribution in [1.29, 1.82) is 0 Å². The van der Waals surface area contributed by atoms with Gasteiger partial charge in [-0.1, -0.05) is 111 Å². The van der Waals surface area contributed by atoms with E-state index < -0.39 is 8.80 Å². The summed E-state index contributed by atoms with van der Waals surface area (Å²) in [5.74, 6) is 0.395. The standard InChI is InChI=1S/C29H63NO3Si.ClH/c1-7-13-14-15-16-17-18-19-20-21-22-23-24-28(29(30,25-8-2)26-9-3)27-34(31-10-4,32-11-5)33-12-6;/h28H,7-27,30H2,1-6H3;1H. The molecule has 0 fully saturated rings. The van der Waals surface area contributed by atoms with Crippen LogP contribution in [0, 0.1) is 5.92 Å². The largest absolute Gasteiger partial charge is 0.501 e. The fraction of sp³-hybridized carbons (Fsp3) is 1.00. The van der Waals surface area contributed by atoms with E-state index in [0.717, 1.165) is 38.1 Å². The third-order valence-electron chi connectivity index (χ3n) is 7.24. The Morgan fingerprint density at radius 2 is 0.943 bits per heavy atom. The zero-order valence-electron chi connectivity index (χ0n) is 24.6. The van der Waals surface area contributed by atoms with E-state index in [9.17, 15) is 0 Å². The SMILES string of the molecule is CCCCCCCCCCCCCCC(C[Si](OCC)(OCC)OCC)C(N)(CCC)CCC.Cl. The van der Waals surface area contributed by atoms with Crippen LogP contribution in [0.1, 0.15) is 151 Å². The van der Waals surface area contributed by atoms with E-state index in [2.05, 4.69) is 20.8 Å². The average Bonchev–Trinajstić information content (AvgIpc) is 2.80. The number of rotatable bonds is 26. The topological polar surface area (TPSA) is 53.7 Å². The van der Waals surface area contributed by atoms with Crippen molar-refractivity contribution in [3.05, 3.63) is 0 Å². The fourth-order valence-corrected chi connectivity index (χ4v) is 8.69. The van der Waals surface area contributed by atoms with Crippen molar-refractivity contribution in [3.8, 4) is 0 Å². The molecule has 2 N–H and O–H groups in total. The van der Waals surface area contributed by atoms with Crippen molar-refractivity contribution < 1.29 is 13.3 Å². The molecule has 0 amide bonds. The molecule has 214 valence electrons. The van der Waals surface area contributed by atoms with E-state index in [-0.39, 0.29) is 17.9 Å². The van der Waals surface area contributed by atoms with E-state index in [1.54, 1.807) is 0 Å². The molecular formula is C29H64ClNO3Si. The molecule has 0 saturated carbocycles. The van der Waals surface area contributed by atoms with Crippen LogP contribution in [0.3, 0.4) is 0 Å². The minimum Gasteiger partial charge on any atom is -0.374 e. The molecule has 6 heteroatoms. The molecule has 0 saturated heterocycles. The molecule has 0 aliphatic heterocycles. The Morgan fingerprint density at radius 3 is 1.29 bits per heavy atom. The van der Waals surface area contributed by atoms with E-state index >= 15 is 0 Å². The summed E-state index contributed by atoms with van der Waals surface area (Å²) in [5, 5.41) is 0. The minimum atomic E-state index is -2.71. The van der Waals surface area contributed by atoms with E-state index in [0.29, 0.717) is 25.7 Å². The maximum Gasteiger partial charge on any atom is 0.501 e. The summed E-state index contributed by atoms with van der Waals surface area (Å²) in [6.45, 7) is 14.9. The predicted molar refractivity (Wildman–Crippen MR) is 159 cm³/mol. The van der Waals surface area contributed by atoms with Crippen LogP contribution in [-0.4, -0.2) is 34.2 Å². The van der Waals surface area contributed by atoms with Gasteiger partial charge < -0.3 is 19.0 Å². The van der Waals surface area contributed by atoms with Crippen LogP contribution in [0.25, 0.3) is 0 Å². The highest BCUT2D eigenvalue weighted by Crippen LogP contribution is 2.37. The Hall–Kier alpha value is 0.347. The van der Waals surface area contributed by atoms with Crippen LogP contribution in [0.2, 0.25) is 6.04 Å². The summed E-state index contributed by atoms with van der Waals surface area (Å²) in [7, 11) is -2.71. The van der Waals surface area contributed by atoms with Crippen molar-refractivity contribution in [2.45, 2.75) is 162 Å². The van der Waals surface area contributed by atoms with Crippen molar-refractivity contribution in [3.63, 3.8) is 0 Å². The Balaban J connectivity index is 0. The molecule has 0 aliphatic carbocycles. The maximum atomic E-state index is 7.15. The monoisotopic (exact) mass is 537 g/mol. The van der Waals surface area contributed by atoms with Gasteiger partial charge in [-0.25, -0.2) is 0 Å². The molecule has 1 unspecified atom stereocenters. The first kappa shape index (κ1) is 37.5. The Bertz CT molecular complexity index is 419. The molecule has 0 spiro atoms. The molecule has 0 rings (SSSR count). The second-order valence-corrected chi connectivity index (χ2v) is 12.9. The second kappa shape index (κ2) is 24.7. The number of hydrogen-bond acceptors (Lipinski definition) is 4. The van der Waals surface area contributed by atoms with Gasteiger partial charge >= 0.3 is 8.80 Å². The summed E-state index contributed by atoms with van der Waals surface area (Å²) in [5.41, 5.74) is 7.01. The van der Waals surface area contributed by atoms with Gasteiger partial charge in [0.25, 0.3) is 0 Å². The third kappa shape index (κ3) is 17.5. The molecule has 0 bridgehead atoms. The van der Waals surface area contributed by atoms with Gasteiger partial charge in [0.2, 0.25) is 0 Å². The highest BCUT2D eigenvalue weighted by atomic mass is 35.5. The maximum absolute atomic E-state index is 7.15. The smallest absolute Gasteiger partial charge is 0.374 e. The fourth-order valence-electron chi connectivity index (χ4n) is 5.55. The van der Waals surface area contributed by atoms with E-state index in [1.165, 1.54) is 77.0 Å². The summed E-state index contributed by atoms with van der Waals surface area (Å²) < 4.78 is 18.7. The lowest BCUT2D eigenvalue weighted by molar-refractivity contribution is 0.0597. The van der Waals surface area contributed by atoms with Crippen molar-refractivity contribution in [2.75, 3.05) is 19.8 Å². The van der Waals surface area contributed by atoms with Gasteiger partial charge in [0.1, 0.15) is 0 Å². The van der Waals surface area contributed by atoms with Crippen LogP contribution in [0.5, 0.6) is 0 Å². The van der Waals surface area contributed by atoms with E-state index in [1.807, 2.05) is 20.8 Å². The Kier molecular flexibility index (Phi) is 26.4. The van der Waals surface area contributed by atoms with Gasteiger partial charge in [-0.2, -0.15) is 0 Å². The number of halogens is 1. The quantitative estimate of drug-likeness (QED) is 0.0881. The molecule has 0 aromatic heterocycles. The van der Waals surface area contributed by atoms with Crippen LogP contribution in [-0.2, 0) is 13.3 Å². The van der Waals surface area contributed by atoms with Gasteiger partial charge in [0, 0.05) is 31.4 Å². The zero-order valence-corrected chi connectivity index (χ0v) is 26.5. The lowest BCUT2D eigenvalue weighted by atomic mass is 9.76. The summed E-state index contributed by atoms with van der Waals surface area (Å²) in [4.78, 5) is 0.